The first-order valence-corrected chi connectivity index (χ1v) is 5.85. The number of nitrogen functional groups attached to an aromatic ring is 1. The van der Waals surface area contributed by atoms with Crippen LogP contribution in [0.3, 0.4) is 0 Å². The van der Waals surface area contributed by atoms with E-state index in [-0.39, 0.29) is 0 Å². The van der Waals surface area contributed by atoms with Crippen molar-refractivity contribution < 1.29 is 0 Å². The van der Waals surface area contributed by atoms with Gasteiger partial charge in [-0.3, -0.25) is 10.1 Å². The summed E-state index contributed by atoms with van der Waals surface area (Å²) in [6.07, 6.45) is 2.96. The topological polar surface area (TPSA) is 67.6 Å². The van der Waals surface area contributed by atoms with E-state index >= 15 is 0 Å². The van der Waals surface area contributed by atoms with E-state index in [0.717, 1.165) is 17.0 Å². The van der Waals surface area contributed by atoms with Crippen molar-refractivity contribution in [2.45, 2.75) is 26.2 Å². The van der Waals surface area contributed by atoms with E-state index in [1.165, 1.54) is 6.42 Å². The maximum Gasteiger partial charge on any atom is 0.154 e. The average Bonchev–Trinajstić information content (AvgIpc) is 2.78. The van der Waals surface area contributed by atoms with Crippen LogP contribution in [0.25, 0.3) is 11.3 Å². The van der Waals surface area contributed by atoms with Crippen molar-refractivity contribution in [3.05, 3.63) is 30.1 Å². The highest BCUT2D eigenvalue weighted by Crippen LogP contribution is 2.59. The Labute approximate surface area is 100 Å². The van der Waals surface area contributed by atoms with Crippen molar-refractivity contribution >= 4 is 5.82 Å². The third-order valence-electron chi connectivity index (χ3n) is 3.61. The summed E-state index contributed by atoms with van der Waals surface area (Å²) < 4.78 is 0. The number of anilines is 1. The SMILES string of the molecule is CC1(C)CC1c1[nH]nc(N)c1-c1ccccn1. The largest absolute Gasteiger partial charge is 0.382 e. The van der Waals surface area contributed by atoms with Gasteiger partial charge in [-0.25, -0.2) is 0 Å². The third-order valence-corrected chi connectivity index (χ3v) is 3.61. The monoisotopic (exact) mass is 228 g/mol. The predicted octanol–water partition coefficient (Wildman–Crippen LogP) is 2.57. The van der Waals surface area contributed by atoms with Gasteiger partial charge in [0.05, 0.1) is 17.0 Å². The number of H-pyrrole nitrogens is 1. The van der Waals surface area contributed by atoms with Crippen LogP contribution in [0.4, 0.5) is 5.82 Å². The zero-order valence-electron chi connectivity index (χ0n) is 10.1. The number of rotatable bonds is 2. The van der Waals surface area contributed by atoms with E-state index < -0.39 is 0 Å². The molecule has 0 aliphatic heterocycles. The molecule has 1 fully saturated rings. The molecule has 4 heteroatoms. The molecule has 2 aromatic heterocycles. The van der Waals surface area contributed by atoms with Gasteiger partial charge in [0, 0.05) is 12.1 Å². The van der Waals surface area contributed by atoms with Crippen LogP contribution in [0.15, 0.2) is 24.4 Å². The molecule has 88 valence electrons. The summed E-state index contributed by atoms with van der Waals surface area (Å²) in [6.45, 7) is 4.52. The number of hydrogen-bond donors (Lipinski definition) is 2. The van der Waals surface area contributed by atoms with Crippen molar-refractivity contribution in [3.63, 3.8) is 0 Å². The van der Waals surface area contributed by atoms with Gasteiger partial charge in [-0.05, 0) is 24.0 Å². The van der Waals surface area contributed by atoms with Crippen LogP contribution in [0.2, 0.25) is 0 Å². The lowest BCUT2D eigenvalue weighted by atomic mass is 10.0. The van der Waals surface area contributed by atoms with Gasteiger partial charge in [-0.1, -0.05) is 19.9 Å². The van der Waals surface area contributed by atoms with E-state index in [9.17, 15) is 0 Å². The molecule has 2 aromatic rings. The molecule has 0 bridgehead atoms. The summed E-state index contributed by atoms with van der Waals surface area (Å²) in [4.78, 5) is 4.36. The molecule has 1 unspecified atom stereocenters. The number of pyridine rings is 1. The fourth-order valence-corrected chi connectivity index (χ4v) is 2.36. The van der Waals surface area contributed by atoms with Gasteiger partial charge >= 0.3 is 0 Å². The summed E-state index contributed by atoms with van der Waals surface area (Å²) in [7, 11) is 0. The fourth-order valence-electron chi connectivity index (χ4n) is 2.36. The molecule has 1 saturated carbocycles. The van der Waals surface area contributed by atoms with Crippen LogP contribution in [-0.2, 0) is 0 Å². The van der Waals surface area contributed by atoms with Gasteiger partial charge in [0.15, 0.2) is 5.82 Å². The molecule has 17 heavy (non-hydrogen) atoms. The molecule has 3 rings (SSSR count). The first kappa shape index (κ1) is 10.3. The Balaban J connectivity index is 2.08. The van der Waals surface area contributed by atoms with Crippen molar-refractivity contribution in [1.29, 1.82) is 0 Å². The Kier molecular flexibility index (Phi) is 2.02. The fraction of sp³-hybridized carbons (Fsp3) is 0.385. The number of nitrogens with one attached hydrogen (secondary N) is 1. The number of nitrogens with zero attached hydrogens (tertiary/aromatic N) is 2. The lowest BCUT2D eigenvalue weighted by Gasteiger charge is -2.05. The second-order valence-corrected chi connectivity index (χ2v) is 5.36. The summed E-state index contributed by atoms with van der Waals surface area (Å²) in [6, 6.07) is 5.84. The molecular weight excluding hydrogens is 212 g/mol. The number of aromatic amines is 1. The number of hydrogen-bond acceptors (Lipinski definition) is 3. The third kappa shape index (κ3) is 1.60. The quantitative estimate of drug-likeness (QED) is 0.830. The Hall–Kier alpha value is -1.84. The molecule has 0 saturated heterocycles. The summed E-state index contributed by atoms with van der Waals surface area (Å²) >= 11 is 0. The predicted molar refractivity (Wildman–Crippen MR) is 67.4 cm³/mol. The van der Waals surface area contributed by atoms with Crippen LogP contribution in [-0.4, -0.2) is 15.2 Å². The van der Waals surface area contributed by atoms with Crippen molar-refractivity contribution in [2.24, 2.45) is 5.41 Å². The average molecular weight is 228 g/mol. The molecular formula is C13H16N4. The van der Waals surface area contributed by atoms with E-state index in [4.69, 9.17) is 5.73 Å². The molecule has 1 aliphatic carbocycles. The highest BCUT2D eigenvalue weighted by atomic mass is 15.2. The highest BCUT2D eigenvalue weighted by Gasteiger charge is 2.49. The minimum atomic E-state index is 0.350. The zero-order chi connectivity index (χ0) is 12.0. The summed E-state index contributed by atoms with van der Waals surface area (Å²) in [5.41, 5.74) is 9.30. The zero-order valence-corrected chi connectivity index (χ0v) is 10.1. The minimum Gasteiger partial charge on any atom is -0.382 e. The summed E-state index contributed by atoms with van der Waals surface area (Å²) in [5, 5.41) is 7.21. The van der Waals surface area contributed by atoms with Crippen LogP contribution >= 0.6 is 0 Å². The van der Waals surface area contributed by atoms with Crippen molar-refractivity contribution in [2.75, 3.05) is 5.73 Å². The molecule has 2 heterocycles. The molecule has 4 nitrogen and oxygen atoms in total. The smallest absolute Gasteiger partial charge is 0.154 e. The van der Waals surface area contributed by atoms with Crippen molar-refractivity contribution in [3.8, 4) is 11.3 Å². The van der Waals surface area contributed by atoms with Gasteiger partial charge in [-0.15, -0.1) is 0 Å². The lowest BCUT2D eigenvalue weighted by Crippen LogP contribution is -1.95. The van der Waals surface area contributed by atoms with Crippen LogP contribution in [0.5, 0.6) is 0 Å². The van der Waals surface area contributed by atoms with E-state index in [1.54, 1.807) is 6.20 Å². The molecule has 0 radical (unpaired) electrons. The van der Waals surface area contributed by atoms with Crippen LogP contribution in [0.1, 0.15) is 31.9 Å². The molecule has 0 amide bonds. The normalized spacial score (nSPS) is 21.4. The van der Waals surface area contributed by atoms with Gasteiger partial charge < -0.3 is 5.73 Å². The number of aromatic nitrogens is 3. The molecule has 3 N–H and O–H groups in total. The Morgan fingerprint density at radius 2 is 2.18 bits per heavy atom. The maximum absolute atomic E-state index is 5.95. The molecule has 0 spiro atoms. The number of nitrogens with two attached hydrogens (primary N) is 1. The Morgan fingerprint density at radius 1 is 1.41 bits per heavy atom. The van der Waals surface area contributed by atoms with Gasteiger partial charge in [0.25, 0.3) is 0 Å². The maximum atomic E-state index is 5.95. The van der Waals surface area contributed by atoms with E-state index in [1.807, 2.05) is 18.2 Å². The summed E-state index contributed by atoms with van der Waals surface area (Å²) in [5.74, 6) is 1.06. The van der Waals surface area contributed by atoms with Crippen molar-refractivity contribution in [1.82, 2.24) is 15.2 Å². The minimum absolute atomic E-state index is 0.350. The van der Waals surface area contributed by atoms with Gasteiger partial charge in [0.2, 0.25) is 0 Å². The Morgan fingerprint density at radius 3 is 2.76 bits per heavy atom. The first-order chi connectivity index (χ1) is 8.09. The second-order valence-electron chi connectivity index (χ2n) is 5.36. The molecule has 0 aromatic carbocycles. The molecule has 1 aliphatic rings. The van der Waals surface area contributed by atoms with E-state index in [2.05, 4.69) is 29.0 Å². The van der Waals surface area contributed by atoms with Crippen LogP contribution in [0, 0.1) is 5.41 Å². The second kappa shape index (κ2) is 3.32. The highest BCUT2D eigenvalue weighted by molar-refractivity contribution is 5.74. The van der Waals surface area contributed by atoms with E-state index in [0.29, 0.717) is 17.2 Å². The van der Waals surface area contributed by atoms with Crippen LogP contribution < -0.4 is 5.73 Å². The Bertz CT molecular complexity index is 542. The molecule has 1 atom stereocenters. The van der Waals surface area contributed by atoms with Gasteiger partial charge in [-0.2, -0.15) is 5.10 Å². The first-order valence-electron chi connectivity index (χ1n) is 5.85. The standard InChI is InChI=1S/C13H16N4/c1-13(2)7-8(13)11-10(12(14)17-16-11)9-5-3-4-6-15-9/h3-6,8H,7H2,1-2H3,(H3,14,16,17). The lowest BCUT2D eigenvalue weighted by molar-refractivity contribution is 0.615. The van der Waals surface area contributed by atoms with Gasteiger partial charge in [0.1, 0.15) is 0 Å².